The third kappa shape index (κ3) is 4.03. The van der Waals surface area contributed by atoms with E-state index in [9.17, 15) is 0 Å². The van der Waals surface area contributed by atoms with Crippen molar-refractivity contribution in [3.05, 3.63) is 30.3 Å². The van der Waals surface area contributed by atoms with Crippen molar-refractivity contribution in [3.63, 3.8) is 0 Å². The minimum absolute atomic E-state index is 0.673. The molecule has 0 amide bonds. The SMILES string of the molecule is CCN(CCCCC#N)c1ccccc1. The summed E-state index contributed by atoms with van der Waals surface area (Å²) in [5.74, 6) is 0. The Hall–Kier alpha value is -1.49. The van der Waals surface area contributed by atoms with Crippen LogP contribution in [-0.4, -0.2) is 13.1 Å². The second kappa shape index (κ2) is 6.89. The van der Waals surface area contributed by atoms with E-state index in [0.29, 0.717) is 6.42 Å². The molecule has 0 spiro atoms. The van der Waals surface area contributed by atoms with Gasteiger partial charge in [0.1, 0.15) is 0 Å². The second-order valence-corrected chi connectivity index (χ2v) is 3.53. The largest absolute Gasteiger partial charge is 0.372 e. The first kappa shape index (κ1) is 11.6. The maximum Gasteiger partial charge on any atom is 0.0621 e. The van der Waals surface area contributed by atoms with E-state index in [-0.39, 0.29) is 0 Å². The van der Waals surface area contributed by atoms with Gasteiger partial charge in [-0.15, -0.1) is 0 Å². The van der Waals surface area contributed by atoms with E-state index in [1.165, 1.54) is 5.69 Å². The molecular weight excluding hydrogens is 184 g/mol. The van der Waals surface area contributed by atoms with Crippen LogP contribution in [0.4, 0.5) is 5.69 Å². The zero-order valence-corrected chi connectivity index (χ0v) is 9.32. The van der Waals surface area contributed by atoms with Crippen LogP contribution in [0.3, 0.4) is 0 Å². The van der Waals surface area contributed by atoms with Crippen LogP contribution in [0.15, 0.2) is 30.3 Å². The molecule has 0 aliphatic heterocycles. The average Bonchev–Trinajstić information content (AvgIpc) is 2.30. The highest BCUT2D eigenvalue weighted by molar-refractivity contribution is 5.45. The molecule has 0 aliphatic carbocycles. The number of para-hydroxylation sites is 1. The molecule has 0 saturated carbocycles. The van der Waals surface area contributed by atoms with E-state index in [1.807, 2.05) is 6.07 Å². The summed E-state index contributed by atoms with van der Waals surface area (Å²) < 4.78 is 0. The maximum absolute atomic E-state index is 8.44. The van der Waals surface area contributed by atoms with Crippen molar-refractivity contribution < 1.29 is 0 Å². The lowest BCUT2D eigenvalue weighted by Gasteiger charge is -2.22. The van der Waals surface area contributed by atoms with Crippen molar-refractivity contribution in [1.29, 1.82) is 5.26 Å². The Balaban J connectivity index is 2.40. The molecule has 1 rings (SSSR count). The predicted molar refractivity (Wildman–Crippen MR) is 63.8 cm³/mol. The zero-order chi connectivity index (χ0) is 10.9. The van der Waals surface area contributed by atoms with E-state index >= 15 is 0 Å². The van der Waals surface area contributed by atoms with Gasteiger partial charge in [-0.05, 0) is 31.9 Å². The lowest BCUT2D eigenvalue weighted by molar-refractivity contribution is 0.708. The van der Waals surface area contributed by atoms with E-state index in [2.05, 4.69) is 42.2 Å². The number of hydrogen-bond donors (Lipinski definition) is 0. The number of nitriles is 1. The summed E-state index contributed by atoms with van der Waals surface area (Å²) in [4.78, 5) is 2.34. The average molecular weight is 202 g/mol. The van der Waals surface area contributed by atoms with Crippen LogP contribution in [0.25, 0.3) is 0 Å². The molecule has 0 radical (unpaired) electrons. The molecule has 0 aliphatic rings. The highest BCUT2D eigenvalue weighted by atomic mass is 15.1. The van der Waals surface area contributed by atoms with E-state index in [0.717, 1.165) is 25.9 Å². The summed E-state index contributed by atoms with van der Waals surface area (Å²) in [6.07, 6.45) is 2.77. The highest BCUT2D eigenvalue weighted by Crippen LogP contribution is 2.13. The molecule has 80 valence electrons. The van der Waals surface area contributed by atoms with Gasteiger partial charge in [0.25, 0.3) is 0 Å². The summed E-state index contributed by atoms with van der Waals surface area (Å²) in [6, 6.07) is 12.6. The van der Waals surface area contributed by atoms with E-state index in [1.54, 1.807) is 0 Å². The van der Waals surface area contributed by atoms with Crippen LogP contribution in [0, 0.1) is 11.3 Å². The Kier molecular flexibility index (Phi) is 5.32. The molecule has 1 aromatic rings. The normalized spacial score (nSPS) is 9.60. The van der Waals surface area contributed by atoms with Gasteiger partial charge in [-0.3, -0.25) is 0 Å². The lowest BCUT2D eigenvalue weighted by Crippen LogP contribution is -2.23. The Morgan fingerprint density at radius 3 is 2.53 bits per heavy atom. The van der Waals surface area contributed by atoms with Crippen LogP contribution in [0.1, 0.15) is 26.2 Å². The van der Waals surface area contributed by atoms with Crippen molar-refractivity contribution in [2.75, 3.05) is 18.0 Å². The molecule has 0 aromatic heterocycles. The Bertz CT molecular complexity index is 300. The third-order valence-corrected chi connectivity index (χ3v) is 2.47. The molecule has 2 nitrogen and oxygen atoms in total. The third-order valence-electron chi connectivity index (χ3n) is 2.47. The van der Waals surface area contributed by atoms with E-state index in [4.69, 9.17) is 5.26 Å². The maximum atomic E-state index is 8.44. The van der Waals surface area contributed by atoms with Crippen molar-refractivity contribution in [1.82, 2.24) is 0 Å². The van der Waals surface area contributed by atoms with Crippen LogP contribution < -0.4 is 4.90 Å². The first-order chi connectivity index (χ1) is 7.38. The topological polar surface area (TPSA) is 27.0 Å². The summed E-state index contributed by atoms with van der Waals surface area (Å²) in [6.45, 7) is 4.23. The number of hydrogen-bond acceptors (Lipinski definition) is 2. The van der Waals surface area contributed by atoms with Gasteiger partial charge in [0.05, 0.1) is 6.07 Å². The molecule has 1 aromatic carbocycles. The standard InChI is InChI=1S/C13H18N2/c1-2-15(12-8-4-7-11-14)13-9-5-3-6-10-13/h3,5-6,9-10H,2,4,7-8,12H2,1H3. The van der Waals surface area contributed by atoms with Gasteiger partial charge in [-0.2, -0.15) is 5.26 Å². The van der Waals surface area contributed by atoms with Crippen LogP contribution in [0.5, 0.6) is 0 Å². The molecule has 15 heavy (non-hydrogen) atoms. The van der Waals surface area contributed by atoms with Crippen molar-refractivity contribution in [2.24, 2.45) is 0 Å². The molecular formula is C13H18N2. The van der Waals surface area contributed by atoms with Gasteiger partial charge in [-0.1, -0.05) is 18.2 Å². The van der Waals surface area contributed by atoms with E-state index < -0.39 is 0 Å². The van der Waals surface area contributed by atoms with Crippen LogP contribution in [0.2, 0.25) is 0 Å². The Morgan fingerprint density at radius 2 is 1.93 bits per heavy atom. The summed E-state index contributed by atoms with van der Waals surface area (Å²) in [5.41, 5.74) is 1.27. The predicted octanol–water partition coefficient (Wildman–Crippen LogP) is 3.21. The molecule has 0 fully saturated rings. The van der Waals surface area contributed by atoms with Crippen LogP contribution in [-0.2, 0) is 0 Å². The molecule has 0 saturated heterocycles. The zero-order valence-electron chi connectivity index (χ0n) is 9.32. The lowest BCUT2D eigenvalue weighted by atomic mass is 10.2. The monoisotopic (exact) mass is 202 g/mol. The summed E-state index contributed by atoms with van der Waals surface area (Å²) >= 11 is 0. The fraction of sp³-hybridized carbons (Fsp3) is 0.462. The highest BCUT2D eigenvalue weighted by Gasteiger charge is 2.01. The molecule has 0 bridgehead atoms. The van der Waals surface area contributed by atoms with Crippen molar-refractivity contribution >= 4 is 5.69 Å². The number of anilines is 1. The minimum atomic E-state index is 0.673. The molecule has 2 heteroatoms. The van der Waals surface area contributed by atoms with Gasteiger partial charge in [-0.25, -0.2) is 0 Å². The molecule has 0 atom stereocenters. The minimum Gasteiger partial charge on any atom is -0.372 e. The first-order valence-corrected chi connectivity index (χ1v) is 5.55. The van der Waals surface area contributed by atoms with Crippen molar-refractivity contribution in [3.8, 4) is 6.07 Å². The Labute approximate surface area is 92.1 Å². The van der Waals surface area contributed by atoms with Gasteiger partial charge in [0, 0.05) is 25.2 Å². The summed E-state index contributed by atoms with van der Waals surface area (Å²) in [5, 5.41) is 8.44. The summed E-state index contributed by atoms with van der Waals surface area (Å²) in [7, 11) is 0. The van der Waals surface area contributed by atoms with Crippen molar-refractivity contribution in [2.45, 2.75) is 26.2 Å². The molecule has 0 N–H and O–H groups in total. The number of nitrogens with zero attached hydrogens (tertiary/aromatic N) is 2. The number of benzene rings is 1. The smallest absolute Gasteiger partial charge is 0.0621 e. The quantitative estimate of drug-likeness (QED) is 0.662. The fourth-order valence-electron chi connectivity index (χ4n) is 1.62. The number of rotatable bonds is 6. The van der Waals surface area contributed by atoms with Crippen LogP contribution >= 0.6 is 0 Å². The Morgan fingerprint density at radius 1 is 1.20 bits per heavy atom. The second-order valence-electron chi connectivity index (χ2n) is 3.53. The molecule has 0 heterocycles. The first-order valence-electron chi connectivity index (χ1n) is 5.55. The fourth-order valence-corrected chi connectivity index (χ4v) is 1.62. The van der Waals surface area contributed by atoms with Gasteiger partial charge in [0.2, 0.25) is 0 Å². The number of unbranched alkanes of at least 4 members (excludes halogenated alkanes) is 2. The van der Waals surface area contributed by atoms with Gasteiger partial charge >= 0.3 is 0 Å². The molecule has 0 unspecified atom stereocenters. The van der Waals surface area contributed by atoms with Gasteiger partial charge < -0.3 is 4.90 Å². The van der Waals surface area contributed by atoms with Gasteiger partial charge in [0.15, 0.2) is 0 Å².